The maximum Gasteiger partial charge on any atom is 0.317 e. The van der Waals surface area contributed by atoms with E-state index in [0.717, 1.165) is 0 Å². The fraction of sp³-hybridized carbons (Fsp3) is 0.500. The van der Waals surface area contributed by atoms with E-state index in [4.69, 9.17) is 15.3 Å². The van der Waals surface area contributed by atoms with E-state index in [0.29, 0.717) is 0 Å². The molecule has 0 saturated carbocycles. The van der Waals surface area contributed by atoms with E-state index in [9.17, 15) is 14.4 Å². The van der Waals surface area contributed by atoms with Crippen LogP contribution in [0.1, 0.15) is 0 Å². The van der Waals surface area contributed by atoms with Gasteiger partial charge in [0.1, 0.15) is 0 Å². The van der Waals surface area contributed by atoms with Crippen molar-refractivity contribution >= 4 is 47.5 Å². The molecule has 0 spiro atoms. The Hall–Kier alpha value is -0.710. The van der Waals surface area contributed by atoms with Crippen LogP contribution in [-0.2, 0) is 14.4 Å². The number of carboxylic acids is 3. The molecule has 0 aromatic carbocycles. The van der Waals surface area contributed by atoms with Crippen molar-refractivity contribution in [1.82, 2.24) is 0 Å². The van der Waals surface area contributed by atoms with Crippen molar-refractivity contribution in [1.29, 1.82) is 0 Å². The molecule has 9 nitrogen and oxygen atoms in total. The van der Waals surface area contributed by atoms with E-state index in [1.807, 2.05) is 0 Å². The Kier molecular flexibility index (Phi) is 30.3. The number of aliphatic carboxylic acids is 3. The van der Waals surface area contributed by atoms with E-state index in [1.54, 1.807) is 0 Å². The van der Waals surface area contributed by atoms with Crippen molar-refractivity contribution in [3.05, 3.63) is 0 Å². The van der Waals surface area contributed by atoms with Crippen molar-refractivity contribution in [2.24, 2.45) is 17.2 Å². The SMILES string of the molecule is NCC(=O)O.NCC(=O)O.NCC(=O)O.[Na]. The van der Waals surface area contributed by atoms with E-state index in [2.05, 4.69) is 17.2 Å². The van der Waals surface area contributed by atoms with Crippen molar-refractivity contribution in [3.63, 3.8) is 0 Å². The summed E-state index contributed by atoms with van der Waals surface area (Å²) in [7, 11) is 0. The molecule has 0 atom stereocenters. The molecule has 0 fully saturated rings. The third-order valence-electron chi connectivity index (χ3n) is 0.524. The number of carboxylic acid groups (broad SMARTS) is 3. The summed E-state index contributed by atoms with van der Waals surface area (Å²) in [5.41, 5.74) is 13.7. The monoisotopic (exact) mass is 248 g/mol. The zero-order valence-corrected chi connectivity index (χ0v) is 10.9. The maximum absolute atomic E-state index is 9.24. The minimum atomic E-state index is -0.968. The van der Waals surface area contributed by atoms with Gasteiger partial charge in [0.2, 0.25) is 0 Å². The molecule has 0 aromatic rings. The molecule has 10 heteroatoms. The van der Waals surface area contributed by atoms with E-state index >= 15 is 0 Å². The quantitative estimate of drug-likeness (QED) is 0.278. The van der Waals surface area contributed by atoms with Gasteiger partial charge in [0, 0.05) is 29.6 Å². The second-order valence-electron chi connectivity index (χ2n) is 1.79. The standard InChI is InChI=1S/3C2H5NO2.Na/c3*3-1-2(4)5;/h3*1,3H2,(H,4,5);. The second-order valence-corrected chi connectivity index (χ2v) is 1.79. The summed E-state index contributed by atoms with van der Waals surface area (Å²) in [5.74, 6) is -2.90. The zero-order chi connectivity index (χ0) is 12.9. The predicted octanol–water partition coefficient (Wildman–Crippen LogP) is -3.29. The number of hydrogen-bond acceptors (Lipinski definition) is 6. The molecule has 91 valence electrons. The Morgan fingerprint density at radius 3 is 0.750 bits per heavy atom. The summed E-state index contributed by atoms with van der Waals surface area (Å²) >= 11 is 0. The van der Waals surface area contributed by atoms with Crippen LogP contribution in [0, 0.1) is 0 Å². The fourth-order valence-corrected chi connectivity index (χ4v) is 0. The average Bonchev–Trinajstić information content (AvgIpc) is 2.19. The van der Waals surface area contributed by atoms with Gasteiger partial charge >= 0.3 is 17.9 Å². The van der Waals surface area contributed by atoms with Crippen LogP contribution in [0.5, 0.6) is 0 Å². The average molecular weight is 248 g/mol. The first-order valence-electron chi connectivity index (χ1n) is 3.57. The van der Waals surface area contributed by atoms with Gasteiger partial charge in [-0.1, -0.05) is 0 Å². The maximum atomic E-state index is 9.24. The number of nitrogens with two attached hydrogens (primary N) is 3. The Labute approximate surface area is 114 Å². The molecular weight excluding hydrogens is 233 g/mol. The first-order chi connectivity index (χ1) is 6.81. The Balaban J connectivity index is -0.0000000655. The molecule has 0 aliphatic rings. The van der Waals surface area contributed by atoms with Gasteiger partial charge in [-0.2, -0.15) is 0 Å². The number of hydrogen-bond donors (Lipinski definition) is 6. The molecule has 0 saturated heterocycles. The van der Waals surface area contributed by atoms with Gasteiger partial charge in [0.15, 0.2) is 0 Å². The fourth-order valence-electron chi connectivity index (χ4n) is 0. The van der Waals surface area contributed by atoms with Crippen LogP contribution >= 0.6 is 0 Å². The Morgan fingerprint density at radius 1 is 0.688 bits per heavy atom. The summed E-state index contributed by atoms with van der Waals surface area (Å²) in [6, 6.07) is 0. The van der Waals surface area contributed by atoms with Crippen molar-refractivity contribution in [2.45, 2.75) is 0 Å². The molecule has 0 heterocycles. The Morgan fingerprint density at radius 2 is 0.750 bits per heavy atom. The molecule has 1 radical (unpaired) electrons. The van der Waals surface area contributed by atoms with Gasteiger partial charge in [-0.15, -0.1) is 0 Å². The van der Waals surface area contributed by atoms with Crippen molar-refractivity contribution in [2.75, 3.05) is 19.6 Å². The second kappa shape index (κ2) is 19.8. The molecule has 16 heavy (non-hydrogen) atoms. The summed E-state index contributed by atoms with van der Waals surface area (Å²) in [5, 5.41) is 22.8. The molecule has 9 N–H and O–H groups in total. The molecule has 0 rings (SSSR count). The molecule has 0 aliphatic carbocycles. The third kappa shape index (κ3) is 71.7. The van der Waals surface area contributed by atoms with Gasteiger partial charge in [0.05, 0.1) is 19.6 Å². The van der Waals surface area contributed by atoms with Crippen LogP contribution < -0.4 is 17.2 Å². The summed E-state index contributed by atoms with van der Waals surface area (Å²) in [4.78, 5) is 27.7. The third-order valence-corrected chi connectivity index (χ3v) is 0.524. The van der Waals surface area contributed by atoms with Crippen molar-refractivity contribution < 1.29 is 29.7 Å². The topological polar surface area (TPSA) is 190 Å². The molecule has 0 aromatic heterocycles. The number of rotatable bonds is 3. The van der Waals surface area contributed by atoms with E-state index in [1.165, 1.54) is 0 Å². The van der Waals surface area contributed by atoms with Gasteiger partial charge in [-0.25, -0.2) is 0 Å². The molecule has 0 amide bonds. The minimum Gasteiger partial charge on any atom is -0.480 e. The van der Waals surface area contributed by atoms with Crippen molar-refractivity contribution in [3.8, 4) is 0 Å². The van der Waals surface area contributed by atoms with Crippen LogP contribution in [0.4, 0.5) is 0 Å². The summed E-state index contributed by atoms with van der Waals surface area (Å²) in [6.07, 6.45) is 0. The van der Waals surface area contributed by atoms with Crippen LogP contribution in [0.3, 0.4) is 0 Å². The Bertz CT molecular complexity index is 167. The van der Waals surface area contributed by atoms with Gasteiger partial charge in [-0.3, -0.25) is 14.4 Å². The zero-order valence-electron chi connectivity index (χ0n) is 8.92. The van der Waals surface area contributed by atoms with Crippen LogP contribution in [0.25, 0.3) is 0 Å². The first kappa shape index (κ1) is 24.5. The van der Waals surface area contributed by atoms with Crippen LogP contribution in [0.2, 0.25) is 0 Å². The van der Waals surface area contributed by atoms with Crippen LogP contribution in [0.15, 0.2) is 0 Å². The van der Waals surface area contributed by atoms with E-state index in [-0.39, 0.29) is 49.2 Å². The predicted molar refractivity (Wildman–Crippen MR) is 55.8 cm³/mol. The smallest absolute Gasteiger partial charge is 0.317 e. The minimum absolute atomic E-state index is 0. The summed E-state index contributed by atoms with van der Waals surface area (Å²) < 4.78 is 0. The number of carbonyl (C=O) groups is 3. The largest absolute Gasteiger partial charge is 0.480 e. The van der Waals surface area contributed by atoms with Gasteiger partial charge in [0.25, 0.3) is 0 Å². The molecule has 0 bridgehead atoms. The van der Waals surface area contributed by atoms with Gasteiger partial charge in [-0.05, 0) is 0 Å². The first-order valence-corrected chi connectivity index (χ1v) is 3.57. The molecule has 0 aliphatic heterocycles. The summed E-state index contributed by atoms with van der Waals surface area (Å²) in [6.45, 7) is -0.833. The molecule has 0 unspecified atom stereocenters. The molecular formula is C6H15N3NaO6. The van der Waals surface area contributed by atoms with E-state index < -0.39 is 17.9 Å². The van der Waals surface area contributed by atoms with Crippen LogP contribution in [-0.4, -0.2) is 82.4 Å². The van der Waals surface area contributed by atoms with Gasteiger partial charge < -0.3 is 32.5 Å². The normalized spacial score (nSPS) is 6.94.